The van der Waals surface area contributed by atoms with E-state index < -0.39 is 0 Å². The van der Waals surface area contributed by atoms with Crippen LogP contribution in [0, 0.1) is 0 Å². The summed E-state index contributed by atoms with van der Waals surface area (Å²) >= 11 is 0. The predicted octanol–water partition coefficient (Wildman–Crippen LogP) is 2.76. The topological polar surface area (TPSA) is 38.9 Å². The fourth-order valence-electron chi connectivity index (χ4n) is 1.28. The molecule has 2 rings (SSSR count). The van der Waals surface area contributed by atoms with Crippen molar-refractivity contribution in [1.29, 1.82) is 0 Å². The molecule has 1 aromatic rings. The van der Waals surface area contributed by atoms with Gasteiger partial charge in [-0.15, -0.1) is 10.2 Å². The maximum atomic E-state index is 5.53. The van der Waals surface area contributed by atoms with E-state index in [9.17, 15) is 0 Å². The number of allylic oxidation sites excluding steroid dienone is 2. The van der Waals surface area contributed by atoms with E-state index in [1.54, 1.807) is 0 Å². The molecular formula is C10H14N2O. The van der Waals surface area contributed by atoms with Crippen LogP contribution in [0.25, 0.3) is 5.57 Å². The van der Waals surface area contributed by atoms with E-state index in [4.69, 9.17) is 4.42 Å². The van der Waals surface area contributed by atoms with Crippen LogP contribution in [0.5, 0.6) is 0 Å². The molecule has 0 aliphatic heterocycles. The molecule has 70 valence electrons. The Balaban J connectivity index is 2.16. The summed E-state index contributed by atoms with van der Waals surface area (Å²) in [5.41, 5.74) is 1.09. The Morgan fingerprint density at radius 2 is 2.31 bits per heavy atom. The van der Waals surface area contributed by atoms with E-state index in [1.165, 1.54) is 12.8 Å². The maximum Gasteiger partial charge on any atom is 0.243 e. The van der Waals surface area contributed by atoms with Gasteiger partial charge in [0.2, 0.25) is 11.8 Å². The molecule has 3 nitrogen and oxygen atoms in total. The van der Waals surface area contributed by atoms with Crippen molar-refractivity contribution in [2.24, 2.45) is 0 Å². The smallest absolute Gasteiger partial charge is 0.243 e. The van der Waals surface area contributed by atoms with Gasteiger partial charge in [0.05, 0.1) is 0 Å². The van der Waals surface area contributed by atoms with Gasteiger partial charge >= 0.3 is 0 Å². The lowest BCUT2D eigenvalue weighted by Crippen LogP contribution is -1.78. The molecule has 0 radical (unpaired) electrons. The van der Waals surface area contributed by atoms with E-state index in [1.807, 2.05) is 6.92 Å². The van der Waals surface area contributed by atoms with Gasteiger partial charge in [0.25, 0.3) is 0 Å². The van der Waals surface area contributed by atoms with Gasteiger partial charge in [0.1, 0.15) is 0 Å². The largest absolute Gasteiger partial charge is 0.421 e. The third kappa shape index (κ3) is 1.79. The quantitative estimate of drug-likeness (QED) is 0.714. The van der Waals surface area contributed by atoms with E-state index in [2.05, 4.69) is 23.2 Å². The molecule has 1 fully saturated rings. The van der Waals surface area contributed by atoms with E-state index >= 15 is 0 Å². The average Bonchev–Trinajstić information content (AvgIpc) is 2.84. The highest BCUT2D eigenvalue weighted by Gasteiger charge is 2.29. The third-order valence-electron chi connectivity index (χ3n) is 2.21. The van der Waals surface area contributed by atoms with Crippen LogP contribution in [0.3, 0.4) is 0 Å². The zero-order valence-corrected chi connectivity index (χ0v) is 8.08. The summed E-state index contributed by atoms with van der Waals surface area (Å²) in [6.45, 7) is 4.11. The van der Waals surface area contributed by atoms with Crippen molar-refractivity contribution in [2.75, 3.05) is 0 Å². The van der Waals surface area contributed by atoms with Gasteiger partial charge in [-0.2, -0.15) is 0 Å². The molecule has 1 heterocycles. The minimum absolute atomic E-state index is 0.552. The molecule has 0 saturated heterocycles. The summed E-state index contributed by atoms with van der Waals surface area (Å²) in [6.07, 6.45) is 5.52. The Morgan fingerprint density at radius 1 is 1.54 bits per heavy atom. The summed E-state index contributed by atoms with van der Waals surface area (Å²) < 4.78 is 5.53. The van der Waals surface area contributed by atoms with E-state index in [-0.39, 0.29) is 0 Å². The van der Waals surface area contributed by atoms with Gasteiger partial charge in [-0.3, -0.25) is 0 Å². The van der Waals surface area contributed by atoms with Crippen LogP contribution in [-0.2, 0) is 0 Å². The maximum absolute atomic E-state index is 5.53. The molecule has 1 aromatic heterocycles. The molecule has 0 amide bonds. The Labute approximate surface area is 77.9 Å². The first-order valence-corrected chi connectivity index (χ1v) is 4.81. The van der Waals surface area contributed by atoms with Crippen molar-refractivity contribution in [3.05, 3.63) is 17.9 Å². The highest BCUT2D eigenvalue weighted by Crippen LogP contribution is 2.39. The lowest BCUT2D eigenvalue weighted by Gasteiger charge is -1.90. The molecule has 13 heavy (non-hydrogen) atoms. The van der Waals surface area contributed by atoms with Crippen molar-refractivity contribution in [1.82, 2.24) is 10.2 Å². The Kier molecular flexibility index (Phi) is 2.17. The van der Waals surface area contributed by atoms with Crippen LogP contribution in [-0.4, -0.2) is 10.2 Å². The molecule has 0 bridgehead atoms. The molecule has 0 N–H and O–H groups in total. The minimum atomic E-state index is 0.552. The summed E-state index contributed by atoms with van der Waals surface area (Å²) in [5, 5.41) is 8.04. The number of nitrogens with zero attached hydrogens (tertiary/aromatic N) is 2. The lowest BCUT2D eigenvalue weighted by atomic mass is 10.2. The number of aromatic nitrogens is 2. The fraction of sp³-hybridized carbons (Fsp3) is 0.600. The number of hydrogen-bond acceptors (Lipinski definition) is 3. The minimum Gasteiger partial charge on any atom is -0.421 e. The third-order valence-corrected chi connectivity index (χ3v) is 2.21. The lowest BCUT2D eigenvalue weighted by molar-refractivity contribution is 0.484. The first-order valence-electron chi connectivity index (χ1n) is 4.81. The van der Waals surface area contributed by atoms with Gasteiger partial charge < -0.3 is 4.42 Å². The Morgan fingerprint density at radius 3 is 2.92 bits per heavy atom. The fourth-order valence-corrected chi connectivity index (χ4v) is 1.28. The molecule has 0 unspecified atom stereocenters. The molecule has 0 atom stereocenters. The Hall–Kier alpha value is -1.12. The van der Waals surface area contributed by atoms with Crippen molar-refractivity contribution >= 4 is 5.57 Å². The molecule has 1 aliphatic carbocycles. The monoisotopic (exact) mass is 178 g/mol. The summed E-state index contributed by atoms with van der Waals surface area (Å²) in [7, 11) is 0. The second kappa shape index (κ2) is 3.32. The van der Waals surface area contributed by atoms with Crippen molar-refractivity contribution < 1.29 is 4.42 Å². The normalized spacial score (nSPS) is 17.8. The van der Waals surface area contributed by atoms with Crippen molar-refractivity contribution in [3.63, 3.8) is 0 Å². The highest BCUT2D eigenvalue weighted by atomic mass is 16.4. The molecule has 3 heteroatoms. The summed E-state index contributed by atoms with van der Waals surface area (Å²) in [6, 6.07) is 0. The van der Waals surface area contributed by atoms with Crippen LogP contribution in [0.2, 0.25) is 0 Å². The van der Waals surface area contributed by atoms with Crippen LogP contribution in [0.4, 0.5) is 0 Å². The molecular weight excluding hydrogens is 164 g/mol. The first-order chi connectivity index (χ1) is 6.31. The molecule has 0 spiro atoms. The second-order valence-corrected chi connectivity index (χ2v) is 3.52. The second-order valence-electron chi connectivity index (χ2n) is 3.52. The zero-order valence-electron chi connectivity index (χ0n) is 8.08. The van der Waals surface area contributed by atoms with Crippen LogP contribution in [0.15, 0.2) is 10.5 Å². The number of hydrogen-bond donors (Lipinski definition) is 0. The van der Waals surface area contributed by atoms with Gasteiger partial charge in [-0.1, -0.05) is 13.0 Å². The van der Waals surface area contributed by atoms with Crippen LogP contribution in [0.1, 0.15) is 50.8 Å². The standard InChI is InChI=1S/C10H14N2O/c1-3-4-7(2)9-11-12-10(13-9)8-5-6-8/h4,8H,3,5-6H2,1-2H3/b7-4-. The molecule has 0 aromatic carbocycles. The van der Waals surface area contributed by atoms with Crippen molar-refractivity contribution in [2.45, 2.75) is 39.0 Å². The van der Waals surface area contributed by atoms with Gasteiger partial charge in [-0.05, 0) is 26.2 Å². The average molecular weight is 178 g/mol. The van der Waals surface area contributed by atoms with E-state index in [0.717, 1.165) is 17.9 Å². The van der Waals surface area contributed by atoms with Gasteiger partial charge in [-0.25, -0.2) is 0 Å². The first kappa shape index (κ1) is 8.48. The number of rotatable bonds is 3. The van der Waals surface area contributed by atoms with Crippen LogP contribution < -0.4 is 0 Å². The molecule has 1 saturated carbocycles. The van der Waals surface area contributed by atoms with Crippen molar-refractivity contribution in [3.8, 4) is 0 Å². The zero-order chi connectivity index (χ0) is 9.26. The van der Waals surface area contributed by atoms with Gasteiger partial charge in [0, 0.05) is 11.5 Å². The van der Waals surface area contributed by atoms with Crippen LogP contribution >= 0.6 is 0 Å². The summed E-state index contributed by atoms with van der Waals surface area (Å²) in [5.74, 6) is 2.05. The summed E-state index contributed by atoms with van der Waals surface area (Å²) in [4.78, 5) is 0. The SMILES string of the molecule is CC/C=C(/C)c1nnc(C2CC2)o1. The molecule has 1 aliphatic rings. The highest BCUT2D eigenvalue weighted by molar-refractivity contribution is 5.55. The Bertz CT molecular complexity index is 323. The van der Waals surface area contributed by atoms with Gasteiger partial charge in [0.15, 0.2) is 0 Å². The van der Waals surface area contributed by atoms with E-state index in [0.29, 0.717) is 11.8 Å². The predicted molar refractivity (Wildman–Crippen MR) is 50.2 cm³/mol.